The van der Waals surface area contributed by atoms with Crippen molar-refractivity contribution in [1.29, 1.82) is 5.26 Å². The quantitative estimate of drug-likeness (QED) is 0.236. The number of thiophene rings is 1. The Labute approximate surface area is 295 Å². The predicted molar refractivity (Wildman–Crippen MR) is 191 cm³/mol. The van der Waals surface area contributed by atoms with Gasteiger partial charge in [-0.2, -0.15) is 10.4 Å². The highest BCUT2D eigenvalue weighted by atomic mass is 32.1. The molecular formula is C38H42N6O5S. The Morgan fingerprint density at radius 3 is 2.76 bits per heavy atom. The third kappa shape index (κ3) is 6.16. The SMILES string of the molecule is CC(C)(C)c1cnn(Cc2cc3nccc(-c4cc(C#N)cc5c4N([C@H]4C[C@H](COC6CCCCO6)N(C(=O)O)C4)CC4CC54)c3s2)c(=O)c1. The van der Waals surface area contributed by atoms with Gasteiger partial charge in [-0.25, -0.2) is 9.48 Å². The monoisotopic (exact) mass is 694 g/mol. The van der Waals surface area contributed by atoms with Crippen LogP contribution in [0.15, 0.2) is 47.5 Å². The van der Waals surface area contributed by atoms with Gasteiger partial charge in [0.05, 0.1) is 47.2 Å². The van der Waals surface area contributed by atoms with Crippen molar-refractivity contribution in [2.75, 3.05) is 31.2 Å². The molecule has 1 aromatic carbocycles. The second kappa shape index (κ2) is 12.8. The molecule has 5 atom stereocenters. The Morgan fingerprint density at radius 1 is 1.16 bits per heavy atom. The molecule has 1 amide bonds. The Bertz CT molecular complexity index is 2060. The highest BCUT2D eigenvalue weighted by Gasteiger charge is 2.50. The maximum absolute atomic E-state index is 13.0. The minimum Gasteiger partial charge on any atom is -0.465 e. The van der Waals surface area contributed by atoms with Gasteiger partial charge in [-0.1, -0.05) is 20.8 Å². The van der Waals surface area contributed by atoms with Crippen LogP contribution >= 0.6 is 11.3 Å². The van der Waals surface area contributed by atoms with Crippen molar-refractivity contribution in [2.24, 2.45) is 5.92 Å². The van der Waals surface area contributed by atoms with E-state index < -0.39 is 6.09 Å². The van der Waals surface area contributed by atoms with Crippen molar-refractivity contribution >= 4 is 33.3 Å². The van der Waals surface area contributed by atoms with E-state index in [9.17, 15) is 20.0 Å². The summed E-state index contributed by atoms with van der Waals surface area (Å²) in [6, 6.07) is 11.8. The number of benzene rings is 1. The van der Waals surface area contributed by atoms with E-state index >= 15 is 0 Å². The van der Waals surface area contributed by atoms with Gasteiger partial charge in [0, 0.05) is 59.7 Å². The zero-order chi connectivity index (χ0) is 34.7. The molecule has 0 spiro atoms. The first-order valence-electron chi connectivity index (χ1n) is 17.6. The molecule has 50 heavy (non-hydrogen) atoms. The molecule has 3 unspecified atom stereocenters. The second-order valence-electron chi connectivity index (χ2n) is 15.2. The molecule has 3 fully saturated rings. The summed E-state index contributed by atoms with van der Waals surface area (Å²) in [5.74, 6) is 0.868. The number of carbonyl (C=O) groups is 1. The number of nitrogens with zero attached hydrogens (tertiary/aromatic N) is 6. The van der Waals surface area contributed by atoms with Gasteiger partial charge in [-0.15, -0.1) is 11.3 Å². The lowest BCUT2D eigenvalue weighted by molar-refractivity contribution is -0.168. The molecule has 1 N–H and O–H groups in total. The number of carboxylic acid groups (broad SMARTS) is 1. The first-order chi connectivity index (χ1) is 24.1. The Morgan fingerprint density at radius 2 is 2.02 bits per heavy atom. The number of pyridine rings is 1. The number of rotatable bonds is 7. The summed E-state index contributed by atoms with van der Waals surface area (Å²) in [6.45, 7) is 8.73. The van der Waals surface area contributed by atoms with Crippen molar-refractivity contribution < 1.29 is 19.4 Å². The third-order valence-electron chi connectivity index (χ3n) is 10.8. The van der Waals surface area contributed by atoms with E-state index in [-0.39, 0.29) is 29.3 Å². The zero-order valence-electron chi connectivity index (χ0n) is 28.7. The Balaban J connectivity index is 1.14. The normalized spacial score (nSPS) is 24.6. The maximum Gasteiger partial charge on any atom is 0.407 e. The summed E-state index contributed by atoms with van der Waals surface area (Å²) in [6.07, 6.45) is 6.98. The molecule has 1 aliphatic carbocycles. The van der Waals surface area contributed by atoms with Crippen molar-refractivity contribution in [3.05, 3.63) is 74.6 Å². The largest absolute Gasteiger partial charge is 0.465 e. The highest BCUT2D eigenvalue weighted by Crippen LogP contribution is 2.58. The summed E-state index contributed by atoms with van der Waals surface area (Å²) in [5.41, 5.74) is 6.23. The molecule has 4 aromatic rings. The maximum atomic E-state index is 13.0. The van der Waals surface area contributed by atoms with Gasteiger partial charge < -0.3 is 24.4 Å². The van der Waals surface area contributed by atoms with Crippen LogP contribution in [0, 0.1) is 17.2 Å². The van der Waals surface area contributed by atoms with Crippen LogP contribution < -0.4 is 10.5 Å². The smallest absolute Gasteiger partial charge is 0.407 e. The summed E-state index contributed by atoms with van der Waals surface area (Å²) in [5, 5.41) is 24.9. The first-order valence-corrected chi connectivity index (χ1v) is 18.4. The lowest BCUT2D eigenvalue weighted by Crippen LogP contribution is -2.42. The fraction of sp³-hybridized carbons (Fsp3) is 0.500. The van der Waals surface area contributed by atoms with Gasteiger partial charge in [0.1, 0.15) is 0 Å². The van der Waals surface area contributed by atoms with E-state index in [0.29, 0.717) is 50.1 Å². The fourth-order valence-electron chi connectivity index (χ4n) is 7.99. The van der Waals surface area contributed by atoms with Crippen LogP contribution in [-0.4, -0.2) is 75.5 Å². The lowest BCUT2D eigenvalue weighted by Gasteiger charge is -2.38. The number of nitriles is 1. The van der Waals surface area contributed by atoms with E-state index in [0.717, 1.165) is 69.7 Å². The molecule has 3 aromatic heterocycles. The van der Waals surface area contributed by atoms with E-state index in [4.69, 9.17) is 14.5 Å². The summed E-state index contributed by atoms with van der Waals surface area (Å²) in [7, 11) is 0. The first kappa shape index (κ1) is 32.9. The Kier molecular flexibility index (Phi) is 8.40. The van der Waals surface area contributed by atoms with E-state index in [2.05, 4.69) is 36.8 Å². The van der Waals surface area contributed by atoms with Crippen molar-refractivity contribution in [1.82, 2.24) is 19.7 Å². The fourth-order valence-corrected chi connectivity index (χ4v) is 9.12. The molecule has 4 aliphatic rings. The summed E-state index contributed by atoms with van der Waals surface area (Å²) >= 11 is 1.59. The lowest BCUT2D eigenvalue weighted by atomic mass is 9.89. The minimum absolute atomic E-state index is 0.0378. The van der Waals surface area contributed by atoms with Crippen LogP contribution in [0.2, 0.25) is 0 Å². The molecule has 2 saturated heterocycles. The number of hydrogen-bond acceptors (Lipinski definition) is 9. The van der Waals surface area contributed by atoms with Crippen LogP contribution in [0.4, 0.5) is 10.5 Å². The van der Waals surface area contributed by atoms with Crippen LogP contribution in [0.3, 0.4) is 0 Å². The zero-order valence-corrected chi connectivity index (χ0v) is 29.5. The van der Waals surface area contributed by atoms with Gasteiger partial charge >= 0.3 is 6.09 Å². The van der Waals surface area contributed by atoms with Gasteiger partial charge in [0.15, 0.2) is 6.29 Å². The van der Waals surface area contributed by atoms with Crippen molar-refractivity contribution in [3.8, 4) is 17.2 Å². The number of anilines is 1. The third-order valence-corrected chi connectivity index (χ3v) is 11.9. The number of amides is 1. The van der Waals surface area contributed by atoms with E-state index in [1.165, 1.54) is 15.1 Å². The highest BCUT2D eigenvalue weighted by molar-refractivity contribution is 7.19. The molecule has 260 valence electrons. The molecule has 6 heterocycles. The topological polar surface area (TPSA) is 134 Å². The number of aromatic nitrogens is 3. The van der Waals surface area contributed by atoms with Crippen LogP contribution in [0.1, 0.15) is 80.4 Å². The standard InChI is InChI=1S/C38H42N6O5S/c1-38(2,3)24-13-33(45)44(41-17-24)20-27-15-32-36(50-27)28(7-8-40-32)30-10-22(16-39)11-31-29-12-23(29)18-42(35(30)31)25-14-26(43(19-25)37(46)47)21-49-34-6-4-5-9-48-34/h7-8,10-11,13,15,17,23,25-26,29,34H,4-6,9,12,14,18-21H2,1-3H3,(H,46,47)/t23?,25-,26+,29?,34?/m0/s1. The van der Waals surface area contributed by atoms with E-state index in [1.54, 1.807) is 29.8 Å². The van der Waals surface area contributed by atoms with E-state index in [1.807, 2.05) is 24.3 Å². The van der Waals surface area contributed by atoms with Crippen molar-refractivity contribution in [2.45, 2.75) is 89.1 Å². The summed E-state index contributed by atoms with van der Waals surface area (Å²) in [4.78, 5) is 35.1. The molecule has 12 heteroatoms. The van der Waals surface area contributed by atoms with Gasteiger partial charge in [-0.05, 0) is 84.7 Å². The van der Waals surface area contributed by atoms with Gasteiger partial charge in [-0.3, -0.25) is 9.78 Å². The number of fused-ring (bicyclic) bond motifs is 4. The molecule has 0 radical (unpaired) electrons. The molecule has 1 saturated carbocycles. The molecule has 0 bridgehead atoms. The van der Waals surface area contributed by atoms with Gasteiger partial charge in [0.25, 0.3) is 5.56 Å². The van der Waals surface area contributed by atoms with Crippen LogP contribution in [0.5, 0.6) is 0 Å². The average molecular weight is 695 g/mol. The average Bonchev–Trinajstić information content (AvgIpc) is 3.57. The molecule has 3 aliphatic heterocycles. The molecule has 8 rings (SSSR count). The minimum atomic E-state index is -0.934. The Hall–Kier alpha value is -4.31. The van der Waals surface area contributed by atoms with Crippen LogP contribution in [-0.2, 0) is 21.4 Å². The molecular weight excluding hydrogens is 653 g/mol. The predicted octanol–water partition coefficient (Wildman–Crippen LogP) is 6.33. The number of likely N-dealkylation sites (tertiary alicyclic amines) is 1. The summed E-state index contributed by atoms with van der Waals surface area (Å²) < 4.78 is 14.4. The second-order valence-corrected chi connectivity index (χ2v) is 16.3. The van der Waals surface area contributed by atoms with Crippen molar-refractivity contribution in [3.63, 3.8) is 0 Å². The number of hydrogen-bond donors (Lipinski definition) is 1. The van der Waals surface area contributed by atoms with Crippen LogP contribution in [0.25, 0.3) is 21.3 Å². The number of ether oxygens (including phenoxy) is 2. The van der Waals surface area contributed by atoms with Gasteiger partial charge in [0.2, 0.25) is 0 Å². The molecule has 11 nitrogen and oxygen atoms in total.